The van der Waals surface area contributed by atoms with Gasteiger partial charge in [-0.2, -0.15) is 0 Å². The third-order valence-corrected chi connectivity index (χ3v) is 2.52. The Morgan fingerprint density at radius 3 is 2.56 bits per heavy atom. The largest absolute Gasteiger partial charge is 0.327 e. The number of nitrogens with one attached hydrogen (secondary N) is 1. The Labute approximate surface area is 105 Å². The number of carbonyl (C=O) groups is 1. The number of anilines is 1. The van der Waals surface area contributed by atoms with Gasteiger partial charge in [0.1, 0.15) is 0 Å². The smallest absolute Gasteiger partial charge is 0.274 e. The van der Waals surface area contributed by atoms with Crippen molar-refractivity contribution in [1.82, 2.24) is 0 Å². The molecule has 0 spiro atoms. The molecule has 0 aliphatic heterocycles. The van der Waals surface area contributed by atoms with Crippen LogP contribution in [0.5, 0.6) is 0 Å². The average Bonchev–Trinajstić information content (AvgIpc) is 2.20. The summed E-state index contributed by atoms with van der Waals surface area (Å²) < 4.78 is 0. The summed E-state index contributed by atoms with van der Waals surface area (Å²) >= 11 is 0. The molecule has 0 bridgehead atoms. The normalized spacial score (nSPS) is 12.0. The van der Waals surface area contributed by atoms with E-state index in [1.165, 1.54) is 6.07 Å². The second-order valence-corrected chi connectivity index (χ2v) is 4.44. The molecule has 3 N–H and O–H groups in total. The molecule has 0 fully saturated rings. The molecule has 0 aliphatic rings. The number of aryl methyl sites for hydroxylation is 2. The monoisotopic (exact) mass is 251 g/mol. The molecular formula is C12H17N3O3. The van der Waals surface area contributed by atoms with Crippen LogP contribution in [0.15, 0.2) is 12.1 Å². The molecule has 18 heavy (non-hydrogen) atoms. The van der Waals surface area contributed by atoms with Gasteiger partial charge in [0.25, 0.3) is 5.69 Å². The number of hydrogen-bond acceptors (Lipinski definition) is 4. The number of benzene rings is 1. The fraction of sp³-hybridized carbons (Fsp3) is 0.417. The quantitative estimate of drug-likeness (QED) is 0.630. The first-order chi connectivity index (χ1) is 8.31. The number of nitro groups is 1. The summed E-state index contributed by atoms with van der Waals surface area (Å²) in [5.41, 5.74) is 7.33. The molecule has 6 heteroatoms. The lowest BCUT2D eigenvalue weighted by Crippen LogP contribution is -2.24. The number of rotatable bonds is 4. The lowest BCUT2D eigenvalue weighted by Gasteiger charge is -2.10. The summed E-state index contributed by atoms with van der Waals surface area (Å²) in [6.45, 7) is 5.18. The Morgan fingerprint density at radius 1 is 1.44 bits per heavy atom. The molecule has 6 nitrogen and oxygen atoms in total. The number of nitro benzene ring substituents is 1. The van der Waals surface area contributed by atoms with Crippen molar-refractivity contribution in [3.63, 3.8) is 0 Å². The predicted octanol–water partition coefficient (Wildman–Crippen LogP) is 1.89. The maximum atomic E-state index is 11.6. The van der Waals surface area contributed by atoms with Gasteiger partial charge in [-0.3, -0.25) is 14.9 Å². The highest BCUT2D eigenvalue weighted by atomic mass is 16.6. The van der Waals surface area contributed by atoms with E-state index in [0.29, 0.717) is 11.3 Å². The zero-order valence-corrected chi connectivity index (χ0v) is 10.7. The van der Waals surface area contributed by atoms with E-state index >= 15 is 0 Å². The molecular weight excluding hydrogens is 234 g/mol. The Hall–Kier alpha value is -1.95. The van der Waals surface area contributed by atoms with E-state index in [-0.39, 0.29) is 24.1 Å². The van der Waals surface area contributed by atoms with Gasteiger partial charge in [-0.1, -0.05) is 0 Å². The minimum absolute atomic E-state index is 0.00306. The van der Waals surface area contributed by atoms with Gasteiger partial charge < -0.3 is 11.1 Å². The molecule has 1 amide bonds. The summed E-state index contributed by atoms with van der Waals surface area (Å²) in [5, 5.41) is 13.5. The SMILES string of the molecule is Cc1cc(C)c([N+](=O)[O-])cc1NC(=O)CC(C)N. The van der Waals surface area contributed by atoms with E-state index in [1.54, 1.807) is 26.8 Å². The van der Waals surface area contributed by atoms with Gasteiger partial charge in [-0.25, -0.2) is 0 Å². The van der Waals surface area contributed by atoms with Gasteiger partial charge in [-0.05, 0) is 32.4 Å². The van der Waals surface area contributed by atoms with Crippen molar-refractivity contribution in [3.8, 4) is 0 Å². The standard InChI is InChI=1S/C12H17N3O3/c1-7-4-8(2)11(15(17)18)6-10(7)14-12(16)5-9(3)13/h4,6,9H,5,13H2,1-3H3,(H,14,16). The number of amides is 1. The fourth-order valence-corrected chi connectivity index (χ4v) is 1.67. The van der Waals surface area contributed by atoms with Crippen molar-refractivity contribution in [1.29, 1.82) is 0 Å². The van der Waals surface area contributed by atoms with Crippen LogP contribution in [0.3, 0.4) is 0 Å². The summed E-state index contributed by atoms with van der Waals surface area (Å²) in [5.74, 6) is -0.244. The number of nitrogens with two attached hydrogens (primary N) is 1. The molecule has 1 atom stereocenters. The van der Waals surface area contributed by atoms with Gasteiger partial charge in [0.15, 0.2) is 0 Å². The lowest BCUT2D eigenvalue weighted by atomic mass is 10.1. The van der Waals surface area contributed by atoms with Crippen molar-refractivity contribution in [2.45, 2.75) is 33.2 Å². The van der Waals surface area contributed by atoms with Gasteiger partial charge in [-0.15, -0.1) is 0 Å². The van der Waals surface area contributed by atoms with Gasteiger partial charge in [0.05, 0.1) is 10.6 Å². The third kappa shape index (κ3) is 3.53. The zero-order valence-electron chi connectivity index (χ0n) is 10.7. The minimum Gasteiger partial charge on any atom is -0.327 e. The van der Waals surface area contributed by atoms with E-state index in [4.69, 9.17) is 5.73 Å². The van der Waals surface area contributed by atoms with Crippen LogP contribution in [0.25, 0.3) is 0 Å². The van der Waals surface area contributed by atoms with Crippen LogP contribution < -0.4 is 11.1 Å². The molecule has 1 aromatic carbocycles. The van der Waals surface area contributed by atoms with Gasteiger partial charge in [0, 0.05) is 24.1 Å². The number of carbonyl (C=O) groups excluding carboxylic acids is 1. The van der Waals surface area contributed by atoms with E-state index in [9.17, 15) is 14.9 Å². The van der Waals surface area contributed by atoms with Gasteiger partial charge >= 0.3 is 0 Å². The first-order valence-corrected chi connectivity index (χ1v) is 5.62. The first-order valence-electron chi connectivity index (χ1n) is 5.62. The zero-order chi connectivity index (χ0) is 13.9. The predicted molar refractivity (Wildman–Crippen MR) is 69.5 cm³/mol. The second-order valence-electron chi connectivity index (χ2n) is 4.44. The Morgan fingerprint density at radius 2 is 2.06 bits per heavy atom. The molecule has 1 rings (SSSR count). The van der Waals surface area contributed by atoms with Crippen molar-refractivity contribution in [2.75, 3.05) is 5.32 Å². The summed E-state index contributed by atoms with van der Waals surface area (Å²) in [6, 6.07) is 2.81. The topological polar surface area (TPSA) is 98.3 Å². The van der Waals surface area contributed by atoms with Crippen LogP contribution >= 0.6 is 0 Å². The Kier molecular flexibility index (Phi) is 4.38. The highest BCUT2D eigenvalue weighted by molar-refractivity contribution is 5.92. The van der Waals surface area contributed by atoms with Crippen LogP contribution in [0.2, 0.25) is 0 Å². The summed E-state index contributed by atoms with van der Waals surface area (Å²) in [4.78, 5) is 21.9. The van der Waals surface area contributed by atoms with Crippen molar-refractivity contribution < 1.29 is 9.72 Å². The first kappa shape index (κ1) is 14.1. The molecule has 1 aromatic rings. The van der Waals surface area contributed by atoms with Crippen LogP contribution in [0, 0.1) is 24.0 Å². The number of hydrogen-bond donors (Lipinski definition) is 2. The Bertz CT molecular complexity index is 484. The highest BCUT2D eigenvalue weighted by Crippen LogP contribution is 2.26. The van der Waals surface area contributed by atoms with Crippen LogP contribution in [0.4, 0.5) is 11.4 Å². The second kappa shape index (κ2) is 5.59. The minimum atomic E-state index is -0.462. The fourth-order valence-electron chi connectivity index (χ4n) is 1.67. The van der Waals surface area contributed by atoms with Crippen molar-refractivity contribution in [2.24, 2.45) is 5.73 Å². The van der Waals surface area contributed by atoms with E-state index in [0.717, 1.165) is 5.56 Å². The maximum Gasteiger partial charge on any atom is 0.274 e. The summed E-state index contributed by atoms with van der Waals surface area (Å²) in [6.07, 6.45) is 0.182. The molecule has 0 aliphatic carbocycles. The average molecular weight is 251 g/mol. The van der Waals surface area contributed by atoms with Crippen LogP contribution in [0.1, 0.15) is 24.5 Å². The van der Waals surface area contributed by atoms with Gasteiger partial charge in [0.2, 0.25) is 5.91 Å². The molecule has 0 aromatic heterocycles. The molecule has 0 radical (unpaired) electrons. The van der Waals surface area contributed by atoms with E-state index < -0.39 is 4.92 Å². The lowest BCUT2D eigenvalue weighted by molar-refractivity contribution is -0.385. The van der Waals surface area contributed by atoms with Crippen molar-refractivity contribution >= 4 is 17.3 Å². The highest BCUT2D eigenvalue weighted by Gasteiger charge is 2.15. The molecule has 0 saturated carbocycles. The van der Waals surface area contributed by atoms with Crippen molar-refractivity contribution in [3.05, 3.63) is 33.4 Å². The van der Waals surface area contributed by atoms with E-state index in [1.807, 2.05) is 0 Å². The molecule has 0 saturated heterocycles. The third-order valence-electron chi connectivity index (χ3n) is 2.52. The number of nitrogens with zero attached hydrogens (tertiary/aromatic N) is 1. The summed E-state index contributed by atoms with van der Waals surface area (Å²) in [7, 11) is 0. The van der Waals surface area contributed by atoms with Crippen LogP contribution in [-0.4, -0.2) is 16.9 Å². The van der Waals surface area contributed by atoms with Crippen LogP contribution in [-0.2, 0) is 4.79 Å². The van der Waals surface area contributed by atoms with E-state index in [2.05, 4.69) is 5.32 Å². The maximum absolute atomic E-state index is 11.6. The Balaban J connectivity index is 2.99. The molecule has 0 heterocycles. The molecule has 1 unspecified atom stereocenters. The molecule has 98 valence electrons.